The minimum absolute atomic E-state index is 0.0564. The van der Waals surface area contributed by atoms with Gasteiger partial charge in [0.1, 0.15) is 11.5 Å². The first-order valence-electron chi connectivity index (χ1n) is 7.33. The van der Waals surface area contributed by atoms with Gasteiger partial charge in [0.15, 0.2) is 17.3 Å². The highest BCUT2D eigenvalue weighted by Gasteiger charge is 2.29. The molecule has 0 spiro atoms. The molecule has 23 heavy (non-hydrogen) atoms. The predicted octanol–water partition coefficient (Wildman–Crippen LogP) is 2.84. The summed E-state index contributed by atoms with van der Waals surface area (Å²) in [4.78, 5) is 12.6. The number of carbonyl (C=O) groups is 1. The number of hydrogen-bond acceptors (Lipinski definition) is 5. The van der Waals surface area contributed by atoms with Crippen molar-refractivity contribution >= 4 is 5.78 Å². The SMILES string of the molecule is COc1ccc2c(c1)OC[C@H](Cc1ccc(O)c(OC)c1)C2=O. The number of ether oxygens (including phenoxy) is 3. The van der Waals surface area contributed by atoms with Gasteiger partial charge in [-0.2, -0.15) is 0 Å². The smallest absolute Gasteiger partial charge is 0.173 e. The highest BCUT2D eigenvalue weighted by molar-refractivity contribution is 6.01. The maximum Gasteiger partial charge on any atom is 0.173 e. The molecule has 1 aliphatic heterocycles. The molecule has 5 heteroatoms. The van der Waals surface area contributed by atoms with E-state index in [0.717, 1.165) is 5.56 Å². The Morgan fingerprint density at radius 2 is 2.00 bits per heavy atom. The third-order valence-corrected chi connectivity index (χ3v) is 3.99. The quantitative estimate of drug-likeness (QED) is 0.940. The summed E-state index contributed by atoms with van der Waals surface area (Å²) in [6.07, 6.45) is 0.529. The lowest BCUT2D eigenvalue weighted by atomic mass is 9.89. The minimum atomic E-state index is -0.259. The van der Waals surface area contributed by atoms with Crippen LogP contribution >= 0.6 is 0 Å². The molecule has 0 aliphatic carbocycles. The second kappa shape index (κ2) is 6.20. The number of fused-ring (bicyclic) bond motifs is 1. The first kappa shape index (κ1) is 15.2. The summed E-state index contributed by atoms with van der Waals surface area (Å²) in [5.74, 6) is 1.51. The molecule has 0 unspecified atom stereocenters. The van der Waals surface area contributed by atoms with Crippen LogP contribution in [0, 0.1) is 5.92 Å². The zero-order chi connectivity index (χ0) is 16.4. The van der Waals surface area contributed by atoms with E-state index in [2.05, 4.69) is 0 Å². The summed E-state index contributed by atoms with van der Waals surface area (Å²) in [6.45, 7) is 0.322. The first-order valence-corrected chi connectivity index (χ1v) is 7.33. The maximum absolute atomic E-state index is 12.6. The summed E-state index contributed by atoms with van der Waals surface area (Å²) in [5, 5.41) is 9.64. The van der Waals surface area contributed by atoms with E-state index >= 15 is 0 Å². The fraction of sp³-hybridized carbons (Fsp3) is 0.278. The molecule has 1 N–H and O–H groups in total. The highest BCUT2D eigenvalue weighted by Crippen LogP contribution is 2.33. The summed E-state index contributed by atoms with van der Waals surface area (Å²) in [5.41, 5.74) is 1.49. The number of methoxy groups -OCH3 is 2. The number of Topliss-reactive ketones (excluding diaryl/α,β-unsaturated/α-hetero) is 1. The normalized spacial score (nSPS) is 16.4. The summed E-state index contributed by atoms with van der Waals surface area (Å²) < 4.78 is 16.0. The second-order valence-electron chi connectivity index (χ2n) is 5.44. The van der Waals surface area contributed by atoms with Gasteiger partial charge in [0.05, 0.1) is 32.3 Å². The molecule has 0 bridgehead atoms. The first-order chi connectivity index (χ1) is 11.1. The molecule has 1 heterocycles. The number of phenolic OH excluding ortho intramolecular Hbond substituents is 1. The van der Waals surface area contributed by atoms with Crippen molar-refractivity contribution in [3.63, 3.8) is 0 Å². The number of benzene rings is 2. The van der Waals surface area contributed by atoms with Crippen LogP contribution in [0.25, 0.3) is 0 Å². The lowest BCUT2D eigenvalue weighted by Crippen LogP contribution is -2.29. The van der Waals surface area contributed by atoms with Crippen molar-refractivity contribution in [1.82, 2.24) is 0 Å². The van der Waals surface area contributed by atoms with Gasteiger partial charge in [-0.05, 0) is 36.2 Å². The Kier molecular flexibility index (Phi) is 4.10. The van der Waals surface area contributed by atoms with E-state index in [0.29, 0.717) is 35.8 Å². The van der Waals surface area contributed by atoms with Crippen molar-refractivity contribution in [2.75, 3.05) is 20.8 Å². The Bertz CT molecular complexity index is 738. The third kappa shape index (κ3) is 2.95. The maximum atomic E-state index is 12.6. The molecule has 0 radical (unpaired) electrons. The van der Waals surface area contributed by atoms with E-state index in [9.17, 15) is 9.90 Å². The van der Waals surface area contributed by atoms with Crippen molar-refractivity contribution in [1.29, 1.82) is 0 Å². The van der Waals surface area contributed by atoms with Gasteiger partial charge in [-0.25, -0.2) is 0 Å². The molecule has 0 saturated carbocycles. The lowest BCUT2D eigenvalue weighted by molar-refractivity contribution is 0.0830. The number of carbonyl (C=O) groups excluding carboxylic acids is 1. The van der Waals surface area contributed by atoms with E-state index in [1.165, 1.54) is 7.11 Å². The van der Waals surface area contributed by atoms with Crippen molar-refractivity contribution < 1.29 is 24.1 Å². The summed E-state index contributed by atoms with van der Waals surface area (Å²) in [6, 6.07) is 10.3. The van der Waals surface area contributed by atoms with Gasteiger partial charge in [-0.3, -0.25) is 4.79 Å². The monoisotopic (exact) mass is 314 g/mol. The Balaban J connectivity index is 1.81. The van der Waals surface area contributed by atoms with Gasteiger partial charge in [-0.15, -0.1) is 0 Å². The molecule has 1 atom stereocenters. The van der Waals surface area contributed by atoms with E-state index in [-0.39, 0.29) is 17.5 Å². The fourth-order valence-electron chi connectivity index (χ4n) is 2.72. The molecule has 0 fully saturated rings. The van der Waals surface area contributed by atoms with E-state index < -0.39 is 0 Å². The van der Waals surface area contributed by atoms with Crippen molar-refractivity contribution in [3.8, 4) is 23.0 Å². The van der Waals surface area contributed by atoms with Gasteiger partial charge < -0.3 is 19.3 Å². The van der Waals surface area contributed by atoms with Gasteiger partial charge in [0, 0.05) is 6.07 Å². The number of aromatic hydroxyl groups is 1. The Hall–Kier alpha value is -2.69. The average Bonchev–Trinajstić information content (AvgIpc) is 2.58. The van der Waals surface area contributed by atoms with Crippen LogP contribution in [0.3, 0.4) is 0 Å². The number of rotatable bonds is 4. The second-order valence-corrected chi connectivity index (χ2v) is 5.44. The molecule has 0 aromatic heterocycles. The average molecular weight is 314 g/mol. The molecule has 0 saturated heterocycles. The topological polar surface area (TPSA) is 65.0 Å². The number of ketones is 1. The van der Waals surface area contributed by atoms with Gasteiger partial charge in [-0.1, -0.05) is 6.07 Å². The van der Waals surface area contributed by atoms with Crippen LogP contribution in [0.4, 0.5) is 0 Å². The molecular formula is C18H18O5. The molecule has 3 rings (SSSR count). The van der Waals surface area contributed by atoms with Crippen LogP contribution in [-0.2, 0) is 6.42 Å². The van der Waals surface area contributed by atoms with Crippen LogP contribution in [0.2, 0.25) is 0 Å². The van der Waals surface area contributed by atoms with Crippen molar-refractivity contribution in [2.45, 2.75) is 6.42 Å². The zero-order valence-corrected chi connectivity index (χ0v) is 13.0. The fourth-order valence-corrected chi connectivity index (χ4v) is 2.72. The molecule has 5 nitrogen and oxygen atoms in total. The Morgan fingerprint density at radius 3 is 2.74 bits per heavy atom. The molecule has 0 amide bonds. The Morgan fingerprint density at radius 1 is 1.17 bits per heavy atom. The van der Waals surface area contributed by atoms with Gasteiger partial charge >= 0.3 is 0 Å². The molecule has 2 aromatic rings. The zero-order valence-electron chi connectivity index (χ0n) is 13.0. The largest absolute Gasteiger partial charge is 0.504 e. The third-order valence-electron chi connectivity index (χ3n) is 3.99. The molecular weight excluding hydrogens is 296 g/mol. The van der Waals surface area contributed by atoms with E-state index in [4.69, 9.17) is 14.2 Å². The highest BCUT2D eigenvalue weighted by atomic mass is 16.5. The van der Waals surface area contributed by atoms with Crippen LogP contribution in [-0.4, -0.2) is 31.7 Å². The van der Waals surface area contributed by atoms with E-state index in [1.807, 2.05) is 0 Å². The van der Waals surface area contributed by atoms with Crippen LogP contribution < -0.4 is 14.2 Å². The Labute approximate surface area is 134 Å². The van der Waals surface area contributed by atoms with Gasteiger partial charge in [0.2, 0.25) is 0 Å². The van der Waals surface area contributed by atoms with Crippen LogP contribution in [0.5, 0.6) is 23.0 Å². The standard InChI is InChI=1S/C18H18O5/c1-21-13-4-5-14-16(9-13)23-10-12(18(14)20)7-11-3-6-15(19)17(8-11)22-2/h3-6,8-9,12,19H,7,10H2,1-2H3/t12-/m0/s1. The van der Waals surface area contributed by atoms with Crippen LogP contribution in [0.15, 0.2) is 36.4 Å². The van der Waals surface area contributed by atoms with E-state index in [1.54, 1.807) is 43.5 Å². The predicted molar refractivity (Wildman–Crippen MR) is 84.7 cm³/mol. The summed E-state index contributed by atoms with van der Waals surface area (Å²) in [7, 11) is 3.07. The number of hydrogen-bond donors (Lipinski definition) is 1. The minimum Gasteiger partial charge on any atom is -0.504 e. The lowest BCUT2D eigenvalue weighted by Gasteiger charge is -2.24. The van der Waals surface area contributed by atoms with Crippen molar-refractivity contribution in [2.24, 2.45) is 5.92 Å². The molecule has 120 valence electrons. The van der Waals surface area contributed by atoms with Crippen LogP contribution in [0.1, 0.15) is 15.9 Å². The molecule has 1 aliphatic rings. The summed E-state index contributed by atoms with van der Waals surface area (Å²) >= 11 is 0. The van der Waals surface area contributed by atoms with Crippen molar-refractivity contribution in [3.05, 3.63) is 47.5 Å². The molecule has 2 aromatic carbocycles. The van der Waals surface area contributed by atoms with Gasteiger partial charge in [0.25, 0.3) is 0 Å². The number of phenols is 1.